The van der Waals surface area contributed by atoms with Gasteiger partial charge in [0.1, 0.15) is 11.2 Å². The molecule has 0 N–H and O–H groups in total. The zero-order valence-electron chi connectivity index (χ0n) is 51.0. The van der Waals surface area contributed by atoms with Crippen LogP contribution in [0.3, 0.4) is 0 Å². The molecule has 0 atom stereocenters. The Labute approximate surface area is 384 Å². The number of nitrogens with zero attached hydrogens (tertiary/aromatic N) is 4. The third-order valence-corrected chi connectivity index (χ3v) is 10.5. The Morgan fingerprint density at radius 2 is 0.984 bits per heavy atom. The number of furan rings is 1. The summed E-state index contributed by atoms with van der Waals surface area (Å²) in [4.78, 5) is 15.0. The van der Waals surface area contributed by atoms with Crippen molar-refractivity contribution in [3.8, 4) is 73.2 Å². The molecule has 12 aromatic rings. The van der Waals surface area contributed by atoms with Crippen molar-refractivity contribution in [1.29, 1.82) is 0 Å². The zero-order valence-corrected chi connectivity index (χ0v) is 32.0. The van der Waals surface area contributed by atoms with E-state index in [4.69, 9.17) is 34.4 Å². The van der Waals surface area contributed by atoms with E-state index in [0.29, 0.717) is 11.1 Å². The largest absolute Gasteiger partial charge is 0.456 e. The van der Waals surface area contributed by atoms with Gasteiger partial charge in [-0.3, -0.25) is 0 Å². The van der Waals surface area contributed by atoms with Crippen molar-refractivity contribution in [1.82, 2.24) is 19.5 Å². The molecule has 290 valence electrons. The van der Waals surface area contributed by atoms with Gasteiger partial charge in [-0.25, -0.2) is 15.0 Å². The summed E-state index contributed by atoms with van der Waals surface area (Å²) in [5.41, 5.74) is 0.115. The van der Waals surface area contributed by atoms with Gasteiger partial charge in [0.25, 0.3) is 0 Å². The van der Waals surface area contributed by atoms with E-state index in [9.17, 15) is 11.0 Å². The fourth-order valence-corrected chi connectivity index (χ4v) is 7.57. The van der Waals surface area contributed by atoms with Gasteiger partial charge < -0.3 is 8.98 Å². The molecule has 5 nitrogen and oxygen atoms in total. The van der Waals surface area contributed by atoms with Crippen molar-refractivity contribution in [2.75, 3.05) is 0 Å². The maximum Gasteiger partial charge on any atom is 0.166 e. The normalized spacial score (nSPS) is 15.8. The highest BCUT2D eigenvalue weighted by Crippen LogP contribution is 2.41. The molecule has 62 heavy (non-hydrogen) atoms. The standard InChI is InChI=1S/C57H36N4O/c1-4-15-37(16-5-1)40-21-14-22-44(33-40)56-58-55(39-19-8-3-9-20-39)59-57(60-56)49-35-42(43-27-30-47-46-24-11-13-26-53(46)62-54(47)36-43)29-32-52(49)61-50-25-12-10-23-45(50)48-34-41(28-31-51(48)61)38-17-6-2-7-18-38/h1-36H/i2D,6D,7D,10D,11D,12D,13D,17D,18D,23D,24D,25D,26D,27D,28D,30D,31D,34D,36D. The molecule has 0 aliphatic heterocycles. The van der Waals surface area contributed by atoms with Crippen LogP contribution in [0.15, 0.2) is 222 Å². The van der Waals surface area contributed by atoms with Crippen LogP contribution in [0, 0.1) is 0 Å². The predicted octanol–water partition coefficient (Wildman–Crippen LogP) is 14.9. The molecule has 0 unspecified atom stereocenters. The second kappa shape index (κ2) is 14.7. The van der Waals surface area contributed by atoms with Gasteiger partial charge in [-0.1, -0.05) is 163 Å². The lowest BCUT2D eigenvalue weighted by Gasteiger charge is -2.16. The van der Waals surface area contributed by atoms with E-state index in [2.05, 4.69) is 0 Å². The van der Waals surface area contributed by atoms with Crippen LogP contribution in [0.1, 0.15) is 26.0 Å². The number of rotatable bonds is 7. The van der Waals surface area contributed by atoms with E-state index >= 15 is 0 Å². The van der Waals surface area contributed by atoms with Crippen molar-refractivity contribution in [2.45, 2.75) is 0 Å². The van der Waals surface area contributed by atoms with Crippen LogP contribution in [0.25, 0.3) is 117 Å². The van der Waals surface area contributed by atoms with Crippen LogP contribution in [0.2, 0.25) is 0 Å². The number of fused-ring (bicyclic) bond motifs is 6. The molecule has 0 saturated carbocycles. The number of para-hydroxylation sites is 2. The minimum Gasteiger partial charge on any atom is -0.456 e. The molecular weight excluding hydrogens is 757 g/mol. The van der Waals surface area contributed by atoms with Crippen molar-refractivity contribution >= 4 is 43.7 Å². The molecule has 0 amide bonds. The van der Waals surface area contributed by atoms with E-state index < -0.39 is 126 Å². The minimum absolute atomic E-state index is 0.0134. The van der Waals surface area contributed by atoms with Crippen LogP contribution >= 0.6 is 0 Å². The molecule has 0 saturated heterocycles. The maximum absolute atomic E-state index is 9.81. The zero-order chi connectivity index (χ0) is 57.5. The average Bonchev–Trinajstić information content (AvgIpc) is 2.36. The first kappa shape index (κ1) is 21.2. The SMILES string of the molecule is [2H]c1c([2H])c([2H])c(-c2c([2H])c([2H])c3c(c2[2H])c2c([2H])c([2H])c([2H])c([2H])c2n3-c2ccc(-c3c([2H])c([2H])c4c(oc5c([2H])c([2H])c([2H])c([2H])c54)c3[2H])cc2-c2nc(-c3ccccc3)nc(-c3cccc(-c4ccccc4)c3)n2)c([2H])c1[2H]. The Balaban J connectivity index is 1.24. The number of aromatic nitrogens is 4. The lowest BCUT2D eigenvalue weighted by molar-refractivity contribution is 0.669. The van der Waals surface area contributed by atoms with E-state index in [1.54, 1.807) is 36.4 Å². The molecule has 0 aliphatic rings. The molecule has 0 bridgehead atoms. The Morgan fingerprint density at radius 3 is 1.82 bits per heavy atom. The Kier molecular flexibility index (Phi) is 5.03. The molecule has 9 aromatic carbocycles. The highest BCUT2D eigenvalue weighted by Gasteiger charge is 2.21. The summed E-state index contributed by atoms with van der Waals surface area (Å²) >= 11 is 0. The van der Waals surface area contributed by atoms with Crippen LogP contribution < -0.4 is 0 Å². The van der Waals surface area contributed by atoms with Crippen molar-refractivity contribution in [3.05, 3.63) is 218 Å². The van der Waals surface area contributed by atoms with Gasteiger partial charge in [0.05, 0.1) is 42.8 Å². The molecular formula is C57H36N4O. The molecule has 0 aliphatic carbocycles. The van der Waals surface area contributed by atoms with Gasteiger partial charge in [-0.15, -0.1) is 0 Å². The van der Waals surface area contributed by atoms with Crippen molar-refractivity contribution in [2.24, 2.45) is 0 Å². The molecule has 0 spiro atoms. The monoisotopic (exact) mass is 811 g/mol. The summed E-state index contributed by atoms with van der Waals surface area (Å²) in [5.74, 6) is 0.170. The fraction of sp³-hybridized carbons (Fsp3) is 0. The molecule has 5 heteroatoms. The summed E-state index contributed by atoms with van der Waals surface area (Å²) in [7, 11) is 0. The Morgan fingerprint density at radius 1 is 0.371 bits per heavy atom. The maximum atomic E-state index is 9.81. The van der Waals surface area contributed by atoms with Gasteiger partial charge in [-0.05, 0) is 87.8 Å². The molecule has 12 rings (SSSR count). The van der Waals surface area contributed by atoms with Gasteiger partial charge >= 0.3 is 0 Å². The first-order valence-electron chi connectivity index (χ1n) is 28.8. The number of hydrogen-bond acceptors (Lipinski definition) is 4. The van der Waals surface area contributed by atoms with Crippen LogP contribution in [-0.2, 0) is 0 Å². The second-order valence-electron chi connectivity index (χ2n) is 14.1. The van der Waals surface area contributed by atoms with Crippen LogP contribution in [0.5, 0.6) is 0 Å². The Bertz CT molecular complexity index is 4730. The van der Waals surface area contributed by atoms with Gasteiger partial charge in [0, 0.05) is 38.2 Å². The summed E-state index contributed by atoms with van der Waals surface area (Å²) in [5, 5.41) is -1.03. The third kappa shape index (κ3) is 6.14. The van der Waals surface area contributed by atoms with E-state index in [0.717, 1.165) is 11.1 Å². The average molecular weight is 812 g/mol. The highest BCUT2D eigenvalue weighted by molar-refractivity contribution is 6.11. The van der Waals surface area contributed by atoms with Gasteiger partial charge in [0.2, 0.25) is 0 Å². The highest BCUT2D eigenvalue weighted by atomic mass is 16.3. The van der Waals surface area contributed by atoms with Crippen molar-refractivity contribution < 1.29 is 30.5 Å². The Hall–Kier alpha value is -8.41. The lowest BCUT2D eigenvalue weighted by atomic mass is 9.99. The summed E-state index contributed by atoms with van der Waals surface area (Å²) in [6.07, 6.45) is 0. The van der Waals surface area contributed by atoms with Crippen LogP contribution in [0.4, 0.5) is 0 Å². The lowest BCUT2D eigenvalue weighted by Crippen LogP contribution is -2.04. The topological polar surface area (TPSA) is 56.7 Å². The first-order valence-corrected chi connectivity index (χ1v) is 19.3. The minimum atomic E-state index is -0.780. The third-order valence-electron chi connectivity index (χ3n) is 10.5. The number of hydrogen-bond donors (Lipinski definition) is 0. The molecule has 0 radical (unpaired) electrons. The molecule has 0 fully saturated rings. The van der Waals surface area contributed by atoms with E-state index in [1.165, 1.54) is 22.8 Å². The molecule has 3 aromatic heterocycles. The first-order chi connectivity index (χ1) is 38.6. The second-order valence-corrected chi connectivity index (χ2v) is 14.1. The van der Waals surface area contributed by atoms with Crippen molar-refractivity contribution in [3.63, 3.8) is 0 Å². The van der Waals surface area contributed by atoms with Gasteiger partial charge in [0.15, 0.2) is 17.5 Å². The van der Waals surface area contributed by atoms with Crippen LogP contribution in [-0.4, -0.2) is 19.5 Å². The van der Waals surface area contributed by atoms with E-state index in [-0.39, 0.29) is 83.6 Å². The fourth-order valence-electron chi connectivity index (χ4n) is 7.57. The summed E-state index contributed by atoms with van der Waals surface area (Å²) in [6, 6.07) is 17.5. The van der Waals surface area contributed by atoms with E-state index in [1.807, 2.05) is 48.5 Å². The smallest absolute Gasteiger partial charge is 0.166 e. The number of benzene rings is 9. The quantitative estimate of drug-likeness (QED) is 0.161. The predicted molar refractivity (Wildman–Crippen MR) is 254 cm³/mol. The summed E-state index contributed by atoms with van der Waals surface area (Å²) < 4.78 is 178. The van der Waals surface area contributed by atoms with Gasteiger partial charge in [-0.2, -0.15) is 0 Å². The summed E-state index contributed by atoms with van der Waals surface area (Å²) in [6.45, 7) is 0. The molecule has 3 heterocycles.